The van der Waals surface area contributed by atoms with Crippen LogP contribution >= 0.6 is 15.9 Å². The molecule has 0 aliphatic carbocycles. The molecular formula is C17H15BrFNO. The highest BCUT2D eigenvalue weighted by Crippen LogP contribution is 2.11. The zero-order valence-electron chi connectivity index (χ0n) is 11.4. The van der Waals surface area contributed by atoms with Crippen LogP contribution in [0.15, 0.2) is 59.1 Å². The minimum atomic E-state index is -0.250. The molecule has 0 fully saturated rings. The van der Waals surface area contributed by atoms with Crippen molar-refractivity contribution in [1.82, 2.24) is 5.32 Å². The van der Waals surface area contributed by atoms with Gasteiger partial charge in [-0.3, -0.25) is 4.79 Å². The standard InChI is InChI=1S/C17H15BrFNO/c18-15-6-1-13(2-7-15)5-10-17(21)20-12-11-14-3-8-16(19)9-4-14/h1-10H,11-12H2,(H,20,21)/b10-5+. The highest BCUT2D eigenvalue weighted by Gasteiger charge is 1.97. The third-order valence-corrected chi connectivity index (χ3v) is 3.45. The number of hydrogen-bond acceptors (Lipinski definition) is 1. The van der Waals surface area contributed by atoms with E-state index in [2.05, 4.69) is 21.2 Å². The van der Waals surface area contributed by atoms with Crippen LogP contribution in [0.5, 0.6) is 0 Å². The predicted molar refractivity (Wildman–Crippen MR) is 86.3 cm³/mol. The van der Waals surface area contributed by atoms with Gasteiger partial charge < -0.3 is 5.32 Å². The lowest BCUT2D eigenvalue weighted by molar-refractivity contribution is -0.116. The fourth-order valence-electron chi connectivity index (χ4n) is 1.79. The van der Waals surface area contributed by atoms with Gasteiger partial charge in [-0.2, -0.15) is 0 Å². The molecule has 0 saturated carbocycles. The summed E-state index contributed by atoms with van der Waals surface area (Å²) < 4.78 is 13.7. The molecule has 108 valence electrons. The van der Waals surface area contributed by atoms with Gasteiger partial charge in [-0.25, -0.2) is 4.39 Å². The molecule has 2 nitrogen and oxygen atoms in total. The molecule has 2 aromatic rings. The first-order valence-corrected chi connectivity index (χ1v) is 7.39. The lowest BCUT2D eigenvalue weighted by Gasteiger charge is -2.02. The zero-order chi connectivity index (χ0) is 15.1. The van der Waals surface area contributed by atoms with Gasteiger partial charge in [0, 0.05) is 17.1 Å². The Balaban J connectivity index is 1.77. The molecule has 0 aliphatic heterocycles. The average molecular weight is 348 g/mol. The molecule has 0 radical (unpaired) electrons. The van der Waals surface area contributed by atoms with Gasteiger partial charge in [0.1, 0.15) is 5.82 Å². The molecule has 2 aromatic carbocycles. The van der Waals surface area contributed by atoms with Crippen LogP contribution in [-0.2, 0) is 11.2 Å². The molecule has 4 heteroatoms. The van der Waals surface area contributed by atoms with Gasteiger partial charge in [-0.15, -0.1) is 0 Å². The van der Waals surface area contributed by atoms with Crippen LogP contribution in [0.25, 0.3) is 6.08 Å². The fourth-order valence-corrected chi connectivity index (χ4v) is 2.05. The Labute approximate surface area is 131 Å². The summed E-state index contributed by atoms with van der Waals surface area (Å²) in [5.74, 6) is -0.389. The van der Waals surface area contributed by atoms with E-state index in [-0.39, 0.29) is 11.7 Å². The third kappa shape index (κ3) is 5.52. The maximum Gasteiger partial charge on any atom is 0.244 e. The Bertz CT molecular complexity index is 620. The molecule has 21 heavy (non-hydrogen) atoms. The van der Waals surface area contributed by atoms with Gasteiger partial charge in [-0.1, -0.05) is 40.2 Å². The van der Waals surface area contributed by atoms with Gasteiger partial charge in [0.05, 0.1) is 0 Å². The number of amides is 1. The highest BCUT2D eigenvalue weighted by molar-refractivity contribution is 9.10. The summed E-state index contributed by atoms with van der Waals surface area (Å²) in [5, 5.41) is 2.80. The predicted octanol–water partition coefficient (Wildman–Crippen LogP) is 3.96. The van der Waals surface area contributed by atoms with E-state index >= 15 is 0 Å². The van der Waals surface area contributed by atoms with E-state index in [1.165, 1.54) is 18.2 Å². The van der Waals surface area contributed by atoms with E-state index in [9.17, 15) is 9.18 Å². The monoisotopic (exact) mass is 347 g/mol. The van der Waals surface area contributed by atoms with Crippen molar-refractivity contribution in [2.45, 2.75) is 6.42 Å². The highest BCUT2D eigenvalue weighted by atomic mass is 79.9. The fraction of sp³-hybridized carbons (Fsp3) is 0.118. The largest absolute Gasteiger partial charge is 0.352 e. The Morgan fingerprint density at radius 2 is 1.76 bits per heavy atom. The quantitative estimate of drug-likeness (QED) is 0.815. The minimum absolute atomic E-state index is 0.139. The Morgan fingerprint density at radius 3 is 2.43 bits per heavy atom. The Hall–Kier alpha value is -1.94. The molecule has 0 bridgehead atoms. The number of rotatable bonds is 5. The molecule has 0 aromatic heterocycles. The normalized spacial score (nSPS) is 10.8. The molecule has 2 rings (SSSR count). The van der Waals surface area contributed by atoms with Crippen molar-refractivity contribution in [2.75, 3.05) is 6.54 Å². The number of halogens is 2. The smallest absolute Gasteiger partial charge is 0.244 e. The van der Waals surface area contributed by atoms with E-state index in [4.69, 9.17) is 0 Å². The molecule has 0 spiro atoms. The first kappa shape index (κ1) is 15.4. The van der Waals surface area contributed by atoms with Crippen LogP contribution in [0.3, 0.4) is 0 Å². The first-order valence-electron chi connectivity index (χ1n) is 6.59. The van der Waals surface area contributed by atoms with Crippen molar-refractivity contribution in [2.24, 2.45) is 0 Å². The number of carbonyl (C=O) groups is 1. The second-order valence-electron chi connectivity index (χ2n) is 4.55. The van der Waals surface area contributed by atoms with E-state index in [0.29, 0.717) is 13.0 Å². The van der Waals surface area contributed by atoms with Crippen molar-refractivity contribution in [3.63, 3.8) is 0 Å². The van der Waals surface area contributed by atoms with E-state index in [0.717, 1.165) is 15.6 Å². The molecule has 0 atom stereocenters. The van der Waals surface area contributed by atoms with Crippen molar-refractivity contribution in [3.05, 3.63) is 76.0 Å². The van der Waals surface area contributed by atoms with E-state index in [1.807, 2.05) is 24.3 Å². The molecule has 1 amide bonds. The number of benzene rings is 2. The van der Waals surface area contributed by atoms with Gasteiger partial charge in [0.15, 0.2) is 0 Å². The van der Waals surface area contributed by atoms with Crippen molar-refractivity contribution >= 4 is 27.9 Å². The van der Waals surface area contributed by atoms with Crippen LogP contribution in [0, 0.1) is 5.82 Å². The Morgan fingerprint density at radius 1 is 1.10 bits per heavy atom. The van der Waals surface area contributed by atoms with Crippen LogP contribution in [0.1, 0.15) is 11.1 Å². The molecule has 0 saturated heterocycles. The SMILES string of the molecule is O=C(/C=C/c1ccc(Br)cc1)NCCc1ccc(F)cc1. The second-order valence-corrected chi connectivity index (χ2v) is 5.47. The second kappa shape index (κ2) is 7.74. The van der Waals surface area contributed by atoms with E-state index < -0.39 is 0 Å². The lowest BCUT2D eigenvalue weighted by atomic mass is 10.1. The van der Waals surface area contributed by atoms with Gasteiger partial charge in [0.2, 0.25) is 5.91 Å². The topological polar surface area (TPSA) is 29.1 Å². The number of nitrogens with one attached hydrogen (secondary N) is 1. The zero-order valence-corrected chi connectivity index (χ0v) is 12.9. The number of hydrogen-bond donors (Lipinski definition) is 1. The van der Waals surface area contributed by atoms with Crippen LogP contribution < -0.4 is 5.32 Å². The number of carbonyl (C=O) groups excluding carboxylic acids is 1. The van der Waals surface area contributed by atoms with Crippen LogP contribution in [0.4, 0.5) is 4.39 Å². The molecule has 1 N–H and O–H groups in total. The van der Waals surface area contributed by atoms with E-state index in [1.54, 1.807) is 18.2 Å². The van der Waals surface area contributed by atoms with Gasteiger partial charge in [0.25, 0.3) is 0 Å². The van der Waals surface area contributed by atoms with Crippen molar-refractivity contribution < 1.29 is 9.18 Å². The summed E-state index contributed by atoms with van der Waals surface area (Å²) in [6.07, 6.45) is 3.95. The minimum Gasteiger partial charge on any atom is -0.352 e. The molecule has 0 heterocycles. The van der Waals surface area contributed by atoms with Gasteiger partial charge in [-0.05, 0) is 47.9 Å². The third-order valence-electron chi connectivity index (χ3n) is 2.92. The summed E-state index contributed by atoms with van der Waals surface area (Å²) in [6.45, 7) is 0.523. The summed E-state index contributed by atoms with van der Waals surface area (Å²) in [4.78, 5) is 11.7. The van der Waals surface area contributed by atoms with Crippen LogP contribution in [0.2, 0.25) is 0 Å². The Kier molecular flexibility index (Phi) is 5.69. The molecule has 0 unspecified atom stereocenters. The molecular weight excluding hydrogens is 333 g/mol. The first-order chi connectivity index (χ1) is 10.1. The summed E-state index contributed by atoms with van der Waals surface area (Å²) in [5.41, 5.74) is 1.96. The van der Waals surface area contributed by atoms with Crippen molar-refractivity contribution in [1.29, 1.82) is 0 Å². The maximum absolute atomic E-state index is 12.7. The average Bonchev–Trinajstić information content (AvgIpc) is 2.49. The molecule has 0 aliphatic rings. The summed E-state index contributed by atoms with van der Waals surface area (Å²) >= 11 is 3.36. The van der Waals surface area contributed by atoms with Gasteiger partial charge >= 0.3 is 0 Å². The lowest BCUT2D eigenvalue weighted by Crippen LogP contribution is -2.23. The summed E-state index contributed by atoms with van der Waals surface area (Å²) in [6, 6.07) is 14.0. The summed E-state index contributed by atoms with van der Waals surface area (Å²) in [7, 11) is 0. The van der Waals surface area contributed by atoms with Crippen LogP contribution in [-0.4, -0.2) is 12.5 Å². The van der Waals surface area contributed by atoms with Crippen molar-refractivity contribution in [3.8, 4) is 0 Å². The maximum atomic E-state index is 12.7.